The van der Waals surface area contributed by atoms with Gasteiger partial charge in [-0.3, -0.25) is 0 Å². The first-order chi connectivity index (χ1) is 19.0. The second-order valence-electron chi connectivity index (χ2n) is 13.3. The third-order valence-corrected chi connectivity index (χ3v) is 10.0. The second-order valence-corrected chi connectivity index (χ2v) is 13.3. The maximum atomic E-state index is 6.48. The van der Waals surface area contributed by atoms with Crippen LogP contribution in [-0.2, 0) is 14.7 Å². The zero-order valence-corrected chi connectivity index (χ0v) is 24.1. The van der Waals surface area contributed by atoms with Crippen molar-refractivity contribution in [2.24, 2.45) is 0 Å². The van der Waals surface area contributed by atoms with Gasteiger partial charge >= 0.3 is 7.12 Å². The molecule has 0 atom stereocenters. The summed E-state index contributed by atoms with van der Waals surface area (Å²) in [5.74, 6) is 0. The van der Waals surface area contributed by atoms with Crippen molar-refractivity contribution in [2.75, 3.05) is 0 Å². The molecule has 0 saturated carbocycles. The summed E-state index contributed by atoms with van der Waals surface area (Å²) in [4.78, 5) is 0. The maximum absolute atomic E-state index is 6.48. The summed E-state index contributed by atoms with van der Waals surface area (Å²) in [6.45, 7) is 13.2. The van der Waals surface area contributed by atoms with Crippen LogP contribution in [0.3, 0.4) is 0 Å². The monoisotopic (exact) mass is 520 g/mol. The van der Waals surface area contributed by atoms with Crippen LogP contribution < -0.4 is 5.46 Å². The second kappa shape index (κ2) is 7.75. The molecule has 1 saturated heterocycles. The van der Waals surface area contributed by atoms with Gasteiger partial charge in [0, 0.05) is 5.41 Å². The summed E-state index contributed by atoms with van der Waals surface area (Å²) in [7, 11) is -0.375. The van der Waals surface area contributed by atoms with Gasteiger partial charge in [0.05, 0.1) is 11.2 Å². The van der Waals surface area contributed by atoms with Gasteiger partial charge in [0.1, 0.15) is 0 Å². The fourth-order valence-electron chi connectivity index (χ4n) is 7.05. The quantitative estimate of drug-likeness (QED) is 0.168. The third kappa shape index (κ3) is 3.14. The topological polar surface area (TPSA) is 18.5 Å². The zero-order chi connectivity index (χ0) is 27.6. The van der Waals surface area contributed by atoms with Crippen LogP contribution >= 0.6 is 0 Å². The molecular weight excluding hydrogens is 487 g/mol. The highest BCUT2D eigenvalue weighted by Crippen LogP contribution is 2.50. The van der Waals surface area contributed by atoms with Crippen molar-refractivity contribution in [2.45, 2.75) is 58.2 Å². The van der Waals surface area contributed by atoms with Crippen molar-refractivity contribution in [3.63, 3.8) is 0 Å². The molecule has 2 nitrogen and oxygen atoms in total. The van der Waals surface area contributed by atoms with E-state index in [2.05, 4.69) is 133 Å². The van der Waals surface area contributed by atoms with Gasteiger partial charge < -0.3 is 9.31 Å². The largest absolute Gasteiger partial charge is 0.494 e. The summed E-state index contributed by atoms with van der Waals surface area (Å²) < 4.78 is 13.0. The van der Waals surface area contributed by atoms with E-state index >= 15 is 0 Å². The summed E-state index contributed by atoms with van der Waals surface area (Å²) >= 11 is 0. The highest BCUT2D eigenvalue weighted by molar-refractivity contribution is 6.62. The predicted molar refractivity (Wildman–Crippen MR) is 170 cm³/mol. The highest BCUT2D eigenvalue weighted by atomic mass is 16.7. The van der Waals surface area contributed by atoms with Crippen LogP contribution in [0.5, 0.6) is 0 Å². The van der Waals surface area contributed by atoms with E-state index in [0.717, 1.165) is 5.46 Å². The SMILES string of the molecule is CC1(C)c2cc(B3OC(C)(C)C(C)(C)O3)cc3ccc4cc(-c5cc6ccccc6c6ccccc56)cc1c4c23. The Hall–Kier alpha value is -3.66. The van der Waals surface area contributed by atoms with Crippen molar-refractivity contribution in [1.82, 2.24) is 0 Å². The first-order valence-electron chi connectivity index (χ1n) is 14.4. The van der Waals surface area contributed by atoms with Crippen molar-refractivity contribution >= 4 is 55.7 Å². The van der Waals surface area contributed by atoms with Gasteiger partial charge in [-0.05, 0) is 117 Å². The molecule has 6 aromatic carbocycles. The molecule has 0 bridgehead atoms. The lowest BCUT2D eigenvalue weighted by molar-refractivity contribution is 0.00578. The molecule has 1 fully saturated rings. The lowest BCUT2D eigenvalue weighted by Crippen LogP contribution is -2.41. The zero-order valence-electron chi connectivity index (χ0n) is 24.1. The highest BCUT2D eigenvalue weighted by Gasteiger charge is 2.52. The van der Waals surface area contributed by atoms with Crippen molar-refractivity contribution in [3.8, 4) is 11.1 Å². The summed E-state index contributed by atoms with van der Waals surface area (Å²) in [6, 6.07) is 34.0. The van der Waals surface area contributed by atoms with E-state index in [4.69, 9.17) is 9.31 Å². The molecule has 0 aromatic heterocycles. The van der Waals surface area contributed by atoms with E-state index in [1.54, 1.807) is 0 Å². The Kier molecular flexibility index (Phi) is 4.68. The molecule has 1 heterocycles. The number of benzene rings is 6. The average molecular weight is 520 g/mol. The standard InChI is InChI=1S/C37H33BO2/c1-35(2)31-20-25(30-19-22-11-7-8-12-27(22)28-13-9-10-14-29(28)30)17-23-15-16-24-18-26(21-32(35)34(24)33(23)31)38-39-36(3,4)37(5,6)40-38/h7-21H,1-6H3. The molecular formula is C37H33BO2. The average Bonchev–Trinajstić information content (AvgIpc) is 3.31. The van der Waals surface area contributed by atoms with Crippen molar-refractivity contribution in [1.29, 1.82) is 0 Å². The molecule has 8 rings (SSSR count). The Balaban J connectivity index is 1.34. The number of rotatable bonds is 2. The fourth-order valence-corrected chi connectivity index (χ4v) is 7.05. The summed E-state index contributed by atoms with van der Waals surface area (Å²) in [6.07, 6.45) is 0. The number of fused-ring (bicyclic) bond motifs is 3. The Morgan fingerprint density at radius 1 is 0.525 bits per heavy atom. The van der Waals surface area contributed by atoms with Gasteiger partial charge in [-0.15, -0.1) is 0 Å². The molecule has 0 unspecified atom stereocenters. The van der Waals surface area contributed by atoms with Crippen LogP contribution in [0.15, 0.2) is 91.0 Å². The van der Waals surface area contributed by atoms with Crippen LogP contribution in [0.2, 0.25) is 0 Å². The normalized spacial score (nSPS) is 18.6. The molecule has 40 heavy (non-hydrogen) atoms. The molecule has 1 aliphatic heterocycles. The summed E-state index contributed by atoms with van der Waals surface area (Å²) in [5.41, 5.74) is 5.53. The molecule has 1 aliphatic carbocycles. The lowest BCUT2D eigenvalue weighted by Gasteiger charge is -2.32. The van der Waals surface area contributed by atoms with E-state index in [-0.39, 0.29) is 23.7 Å². The van der Waals surface area contributed by atoms with Crippen LogP contribution in [0, 0.1) is 0 Å². The molecule has 0 radical (unpaired) electrons. The van der Waals surface area contributed by atoms with Crippen molar-refractivity contribution in [3.05, 3.63) is 102 Å². The van der Waals surface area contributed by atoms with E-state index in [9.17, 15) is 0 Å². The van der Waals surface area contributed by atoms with Gasteiger partial charge in [0.2, 0.25) is 0 Å². The lowest BCUT2D eigenvalue weighted by atomic mass is 9.74. The maximum Gasteiger partial charge on any atom is 0.494 e. The van der Waals surface area contributed by atoms with Crippen LogP contribution in [0.4, 0.5) is 0 Å². The van der Waals surface area contributed by atoms with E-state index in [1.807, 2.05) is 0 Å². The summed E-state index contributed by atoms with van der Waals surface area (Å²) in [5, 5.41) is 10.5. The van der Waals surface area contributed by atoms with Crippen LogP contribution in [-0.4, -0.2) is 18.3 Å². The van der Waals surface area contributed by atoms with Crippen LogP contribution in [0.1, 0.15) is 52.7 Å². The first kappa shape index (κ1) is 24.2. The minimum absolute atomic E-state index is 0.150. The Labute approximate surface area is 236 Å². The molecule has 196 valence electrons. The molecule has 0 amide bonds. The van der Waals surface area contributed by atoms with Crippen LogP contribution in [0.25, 0.3) is 54.2 Å². The predicted octanol–water partition coefficient (Wildman–Crippen LogP) is 8.90. The van der Waals surface area contributed by atoms with E-state index in [0.29, 0.717) is 0 Å². The van der Waals surface area contributed by atoms with Gasteiger partial charge in [0.25, 0.3) is 0 Å². The molecule has 0 N–H and O–H groups in total. The number of hydrogen-bond acceptors (Lipinski definition) is 2. The molecule has 6 aromatic rings. The van der Waals surface area contributed by atoms with Gasteiger partial charge in [-0.25, -0.2) is 0 Å². The first-order valence-corrected chi connectivity index (χ1v) is 14.4. The minimum Gasteiger partial charge on any atom is -0.399 e. The minimum atomic E-state index is -0.375. The van der Waals surface area contributed by atoms with Gasteiger partial charge in [0.15, 0.2) is 0 Å². The molecule has 0 spiro atoms. The van der Waals surface area contributed by atoms with Gasteiger partial charge in [-0.1, -0.05) is 86.6 Å². The molecule has 2 aliphatic rings. The van der Waals surface area contributed by atoms with E-state index < -0.39 is 0 Å². The third-order valence-electron chi connectivity index (χ3n) is 10.0. The van der Waals surface area contributed by atoms with Gasteiger partial charge in [-0.2, -0.15) is 0 Å². The fraction of sp³-hybridized carbons (Fsp3) is 0.243. The van der Waals surface area contributed by atoms with Crippen molar-refractivity contribution < 1.29 is 9.31 Å². The molecule has 3 heteroatoms. The number of hydrogen-bond donors (Lipinski definition) is 0. The Morgan fingerprint density at radius 2 is 1.10 bits per heavy atom. The van der Waals surface area contributed by atoms with E-state index in [1.165, 1.54) is 65.3 Å². The smallest absolute Gasteiger partial charge is 0.399 e. The Morgan fingerprint density at radius 3 is 1.80 bits per heavy atom. The Bertz CT molecular complexity index is 2030.